The van der Waals surface area contributed by atoms with Crippen LogP contribution < -0.4 is 0 Å². The fraction of sp³-hybridized carbons (Fsp3) is 0.400. The monoisotopic (exact) mass is 275 g/mol. The maximum absolute atomic E-state index is 12.0. The molecule has 0 atom stereocenters. The Morgan fingerprint density at radius 2 is 1.50 bits per heavy atom. The molecule has 1 aliphatic rings. The van der Waals surface area contributed by atoms with Gasteiger partial charge in [-0.2, -0.15) is 0 Å². The Bertz CT molecular complexity index is 503. The maximum Gasteiger partial charge on any atom is 0.303 e. The number of fused-ring (bicyclic) bond motifs is 1. The van der Waals surface area contributed by atoms with Gasteiger partial charge in [-0.05, 0) is 25.0 Å². The average molecular weight is 275 g/mol. The van der Waals surface area contributed by atoms with Gasteiger partial charge >= 0.3 is 5.97 Å². The molecule has 20 heavy (non-hydrogen) atoms. The van der Waals surface area contributed by atoms with E-state index in [-0.39, 0.29) is 18.2 Å². The fourth-order valence-electron chi connectivity index (χ4n) is 2.34. The Labute approximate surface area is 117 Å². The number of carbonyl (C=O) groups excluding carboxylic acids is 2. The van der Waals surface area contributed by atoms with E-state index in [0.29, 0.717) is 30.5 Å². The Morgan fingerprint density at radius 1 is 0.950 bits per heavy atom. The first kappa shape index (κ1) is 14.2. The van der Waals surface area contributed by atoms with Crippen molar-refractivity contribution in [1.82, 2.24) is 4.90 Å². The van der Waals surface area contributed by atoms with Gasteiger partial charge in [0.1, 0.15) is 0 Å². The van der Waals surface area contributed by atoms with E-state index in [0.717, 1.165) is 12.8 Å². The third kappa shape index (κ3) is 3.04. The molecule has 0 fully saturated rings. The first-order chi connectivity index (χ1) is 9.61. The number of unbranched alkanes of at least 4 members (excludes halogenated alkanes) is 3. The number of aliphatic carboxylic acids is 1. The highest BCUT2D eigenvalue weighted by Gasteiger charge is 2.34. The summed E-state index contributed by atoms with van der Waals surface area (Å²) in [4.78, 5) is 35.7. The molecule has 0 radical (unpaired) electrons. The van der Waals surface area contributed by atoms with Gasteiger partial charge in [0, 0.05) is 13.0 Å². The van der Waals surface area contributed by atoms with Crippen molar-refractivity contribution in [1.29, 1.82) is 0 Å². The molecule has 1 aromatic carbocycles. The third-order valence-corrected chi connectivity index (χ3v) is 3.40. The molecular formula is C15H17NO4. The van der Waals surface area contributed by atoms with Crippen molar-refractivity contribution in [3.05, 3.63) is 35.4 Å². The molecule has 1 aromatic rings. The van der Waals surface area contributed by atoms with Crippen LogP contribution in [0, 0.1) is 0 Å². The van der Waals surface area contributed by atoms with E-state index >= 15 is 0 Å². The first-order valence-corrected chi connectivity index (χ1v) is 6.78. The van der Waals surface area contributed by atoms with Crippen LogP contribution in [0.3, 0.4) is 0 Å². The zero-order chi connectivity index (χ0) is 14.5. The van der Waals surface area contributed by atoms with E-state index in [9.17, 15) is 14.4 Å². The third-order valence-electron chi connectivity index (χ3n) is 3.40. The number of carboxylic acid groups (broad SMARTS) is 1. The number of carboxylic acids is 1. The Balaban J connectivity index is 1.79. The van der Waals surface area contributed by atoms with Crippen molar-refractivity contribution in [2.45, 2.75) is 32.1 Å². The molecule has 0 aliphatic carbocycles. The molecule has 1 N–H and O–H groups in total. The van der Waals surface area contributed by atoms with Gasteiger partial charge in [-0.25, -0.2) is 0 Å². The van der Waals surface area contributed by atoms with E-state index in [1.54, 1.807) is 24.3 Å². The van der Waals surface area contributed by atoms with Crippen LogP contribution in [0.25, 0.3) is 0 Å². The SMILES string of the molecule is O=C(O)CCCCCCN1C(=O)c2ccccc2C1=O. The van der Waals surface area contributed by atoms with Crippen molar-refractivity contribution < 1.29 is 19.5 Å². The highest BCUT2D eigenvalue weighted by atomic mass is 16.4. The largest absolute Gasteiger partial charge is 0.481 e. The normalized spacial score (nSPS) is 13.7. The van der Waals surface area contributed by atoms with Gasteiger partial charge in [0.2, 0.25) is 0 Å². The van der Waals surface area contributed by atoms with Gasteiger partial charge in [-0.1, -0.05) is 25.0 Å². The highest BCUT2D eigenvalue weighted by molar-refractivity contribution is 6.21. The van der Waals surface area contributed by atoms with Crippen LogP contribution in [0.2, 0.25) is 0 Å². The molecule has 106 valence electrons. The summed E-state index contributed by atoms with van der Waals surface area (Å²) >= 11 is 0. The molecule has 2 rings (SSSR count). The number of carbonyl (C=O) groups is 3. The Morgan fingerprint density at radius 3 is 2.05 bits per heavy atom. The molecule has 2 amide bonds. The van der Waals surface area contributed by atoms with Gasteiger partial charge in [0.05, 0.1) is 11.1 Å². The molecule has 0 spiro atoms. The fourth-order valence-corrected chi connectivity index (χ4v) is 2.34. The number of benzene rings is 1. The summed E-state index contributed by atoms with van der Waals surface area (Å²) in [5, 5.41) is 8.51. The minimum atomic E-state index is -0.787. The lowest BCUT2D eigenvalue weighted by Gasteiger charge is -2.13. The summed E-state index contributed by atoms with van der Waals surface area (Å²) in [6.07, 6.45) is 3.14. The van der Waals surface area contributed by atoms with Crippen molar-refractivity contribution >= 4 is 17.8 Å². The van der Waals surface area contributed by atoms with E-state index in [4.69, 9.17) is 5.11 Å². The molecule has 0 saturated carbocycles. The first-order valence-electron chi connectivity index (χ1n) is 6.78. The van der Waals surface area contributed by atoms with Crippen LogP contribution in [-0.4, -0.2) is 34.3 Å². The second-order valence-electron chi connectivity index (χ2n) is 4.87. The molecule has 1 aliphatic heterocycles. The zero-order valence-electron chi connectivity index (χ0n) is 11.2. The number of hydrogen-bond acceptors (Lipinski definition) is 3. The summed E-state index contributed by atoms with van der Waals surface area (Å²) in [5.74, 6) is -1.24. The van der Waals surface area contributed by atoms with Crippen molar-refractivity contribution in [2.24, 2.45) is 0 Å². The minimum Gasteiger partial charge on any atom is -0.481 e. The molecule has 0 bridgehead atoms. The lowest BCUT2D eigenvalue weighted by molar-refractivity contribution is -0.137. The van der Waals surface area contributed by atoms with Gasteiger partial charge in [-0.15, -0.1) is 0 Å². The standard InChI is InChI=1S/C15H17NO4/c17-13(18)9-3-1-2-6-10-16-14(19)11-7-4-5-8-12(11)15(16)20/h4-5,7-8H,1-3,6,9-10H2,(H,17,18). The smallest absolute Gasteiger partial charge is 0.303 e. The van der Waals surface area contributed by atoms with Crippen LogP contribution in [0.15, 0.2) is 24.3 Å². The zero-order valence-corrected chi connectivity index (χ0v) is 11.2. The van der Waals surface area contributed by atoms with Gasteiger partial charge < -0.3 is 5.11 Å². The highest BCUT2D eigenvalue weighted by Crippen LogP contribution is 2.22. The van der Waals surface area contributed by atoms with Crippen LogP contribution in [0.4, 0.5) is 0 Å². The average Bonchev–Trinajstić information content (AvgIpc) is 2.67. The van der Waals surface area contributed by atoms with Gasteiger partial charge in [0.25, 0.3) is 11.8 Å². The molecule has 0 saturated heterocycles. The van der Waals surface area contributed by atoms with Crippen molar-refractivity contribution in [3.63, 3.8) is 0 Å². The van der Waals surface area contributed by atoms with Crippen LogP contribution in [0.5, 0.6) is 0 Å². The predicted octanol–water partition coefficient (Wildman–Crippen LogP) is 2.32. The number of hydrogen-bond donors (Lipinski definition) is 1. The van der Waals surface area contributed by atoms with Gasteiger partial charge in [0.15, 0.2) is 0 Å². The van der Waals surface area contributed by atoms with E-state index in [2.05, 4.69) is 0 Å². The van der Waals surface area contributed by atoms with Crippen molar-refractivity contribution in [3.8, 4) is 0 Å². The topological polar surface area (TPSA) is 74.7 Å². The lowest BCUT2D eigenvalue weighted by Crippen LogP contribution is -2.30. The molecule has 5 nitrogen and oxygen atoms in total. The number of amides is 2. The van der Waals surface area contributed by atoms with Crippen LogP contribution in [-0.2, 0) is 4.79 Å². The second-order valence-corrected chi connectivity index (χ2v) is 4.87. The summed E-state index contributed by atoms with van der Waals surface area (Å²) in [5.41, 5.74) is 0.951. The Hall–Kier alpha value is -2.17. The van der Waals surface area contributed by atoms with E-state index in [1.807, 2.05) is 0 Å². The summed E-state index contributed by atoms with van der Waals surface area (Å²) in [6.45, 7) is 0.402. The molecule has 0 aromatic heterocycles. The van der Waals surface area contributed by atoms with Crippen LogP contribution >= 0.6 is 0 Å². The summed E-state index contributed by atoms with van der Waals surface area (Å²) in [7, 11) is 0. The number of imide groups is 1. The second kappa shape index (κ2) is 6.32. The number of nitrogens with zero attached hydrogens (tertiary/aromatic N) is 1. The minimum absolute atomic E-state index is 0.174. The maximum atomic E-state index is 12.0. The van der Waals surface area contributed by atoms with Crippen molar-refractivity contribution in [2.75, 3.05) is 6.54 Å². The van der Waals surface area contributed by atoms with Crippen LogP contribution in [0.1, 0.15) is 52.8 Å². The van der Waals surface area contributed by atoms with E-state index in [1.165, 1.54) is 4.90 Å². The molecular weight excluding hydrogens is 258 g/mol. The predicted molar refractivity (Wildman–Crippen MR) is 72.5 cm³/mol. The summed E-state index contributed by atoms with van der Waals surface area (Å²) < 4.78 is 0. The molecule has 0 unspecified atom stereocenters. The van der Waals surface area contributed by atoms with E-state index < -0.39 is 5.97 Å². The molecule has 1 heterocycles. The summed E-state index contributed by atoms with van der Waals surface area (Å²) in [6, 6.07) is 6.84. The molecule has 5 heteroatoms. The lowest BCUT2D eigenvalue weighted by atomic mass is 10.1. The quantitative estimate of drug-likeness (QED) is 0.612. The Kier molecular flexibility index (Phi) is 4.50. The number of rotatable bonds is 7. The van der Waals surface area contributed by atoms with Gasteiger partial charge in [-0.3, -0.25) is 19.3 Å².